The van der Waals surface area contributed by atoms with E-state index in [0.717, 1.165) is 57.9 Å². The second-order valence-electron chi connectivity index (χ2n) is 17.5. The molecule has 7 heteroatoms. The molecule has 0 saturated heterocycles. The highest BCUT2D eigenvalue weighted by Gasteiger charge is 2.32. The lowest BCUT2D eigenvalue weighted by atomic mass is 10.0. The van der Waals surface area contributed by atoms with Crippen molar-refractivity contribution in [2.45, 2.75) is 78.6 Å². The molecule has 320 valence electrons. The Morgan fingerprint density at radius 1 is 0.571 bits per heavy atom. The molecule has 0 radical (unpaired) electrons. The monoisotopic (exact) mass is 834 g/mol. The summed E-state index contributed by atoms with van der Waals surface area (Å²) in [7, 11) is 3.94. The van der Waals surface area contributed by atoms with Gasteiger partial charge in [0.2, 0.25) is 0 Å². The summed E-state index contributed by atoms with van der Waals surface area (Å²) >= 11 is 0. The molecule has 2 aliphatic rings. The van der Waals surface area contributed by atoms with Crippen molar-refractivity contribution in [3.63, 3.8) is 0 Å². The topological polar surface area (TPSA) is 79.5 Å². The molecule has 1 amide bonds. The second kappa shape index (κ2) is 18.7. The van der Waals surface area contributed by atoms with Crippen LogP contribution in [0.4, 0.5) is 0 Å². The lowest BCUT2D eigenvalue weighted by molar-refractivity contribution is 0.0666. The maximum Gasteiger partial charge on any atom is 0.336 e. The van der Waals surface area contributed by atoms with Crippen LogP contribution in [0.25, 0.3) is 21.8 Å². The largest absolute Gasteiger partial charge is 0.478 e. The summed E-state index contributed by atoms with van der Waals surface area (Å²) in [5.41, 5.74) is 16.0. The number of hydrogen-bond donors (Lipinski definition) is 2. The van der Waals surface area contributed by atoms with Crippen LogP contribution in [-0.2, 0) is 52.9 Å². The highest BCUT2D eigenvalue weighted by Crippen LogP contribution is 2.31. The number of benzene rings is 6. The van der Waals surface area contributed by atoms with E-state index in [9.17, 15) is 9.59 Å². The molecule has 10 rings (SSSR count). The lowest BCUT2D eigenvalue weighted by Crippen LogP contribution is -2.40. The van der Waals surface area contributed by atoms with E-state index in [-0.39, 0.29) is 11.9 Å². The van der Waals surface area contributed by atoms with Crippen LogP contribution in [0.2, 0.25) is 0 Å². The first-order valence-electron chi connectivity index (χ1n) is 22.0. The third-order valence-electron chi connectivity index (χ3n) is 13.0. The van der Waals surface area contributed by atoms with Gasteiger partial charge in [-0.25, -0.2) is 4.79 Å². The number of carboxylic acid groups (broad SMARTS) is 1. The molecule has 0 spiro atoms. The third-order valence-corrected chi connectivity index (χ3v) is 13.0. The Morgan fingerprint density at radius 3 is 1.51 bits per heavy atom. The van der Waals surface area contributed by atoms with E-state index < -0.39 is 5.97 Å². The first-order chi connectivity index (χ1) is 30.4. The minimum absolute atomic E-state index is 0.132. The average Bonchev–Trinajstić information content (AvgIpc) is 4.08. The van der Waals surface area contributed by atoms with Crippen LogP contribution in [-0.4, -0.2) is 43.1 Å². The zero-order valence-corrected chi connectivity index (χ0v) is 37.4. The number of fused-ring (bicyclic) bond motifs is 4. The van der Waals surface area contributed by atoms with Crippen molar-refractivity contribution in [1.82, 2.24) is 19.4 Å². The molecule has 63 heavy (non-hydrogen) atoms. The second-order valence-corrected chi connectivity index (χ2v) is 17.5. The van der Waals surface area contributed by atoms with Crippen LogP contribution in [0.15, 0.2) is 146 Å². The Bertz CT molecular complexity index is 2850. The zero-order valence-electron chi connectivity index (χ0n) is 37.4. The van der Waals surface area contributed by atoms with Gasteiger partial charge in [0.25, 0.3) is 5.91 Å². The van der Waals surface area contributed by atoms with Gasteiger partial charge in [-0.05, 0) is 122 Å². The van der Waals surface area contributed by atoms with E-state index in [1.807, 2.05) is 63.1 Å². The highest BCUT2D eigenvalue weighted by atomic mass is 16.4. The molecule has 2 aromatic heterocycles. The van der Waals surface area contributed by atoms with Crippen molar-refractivity contribution in [3.05, 3.63) is 213 Å². The van der Waals surface area contributed by atoms with Crippen LogP contribution in [0, 0.1) is 27.7 Å². The molecule has 0 unspecified atom stereocenters. The first kappa shape index (κ1) is 43.0. The van der Waals surface area contributed by atoms with Gasteiger partial charge < -0.3 is 24.5 Å². The maximum absolute atomic E-state index is 14.1. The number of amides is 1. The summed E-state index contributed by atoms with van der Waals surface area (Å²) in [6.45, 7) is 9.69. The van der Waals surface area contributed by atoms with Crippen molar-refractivity contribution >= 4 is 33.7 Å². The van der Waals surface area contributed by atoms with Gasteiger partial charge in [0.1, 0.15) is 0 Å². The number of nitrogens with zero attached hydrogens (tertiary/aromatic N) is 3. The summed E-state index contributed by atoms with van der Waals surface area (Å²) in [6, 6.07) is 47.4. The van der Waals surface area contributed by atoms with Gasteiger partial charge in [-0.1, -0.05) is 120 Å². The summed E-state index contributed by atoms with van der Waals surface area (Å²) in [6.07, 6.45) is 8.08. The van der Waals surface area contributed by atoms with Gasteiger partial charge in [-0.3, -0.25) is 4.79 Å². The minimum atomic E-state index is -0.862. The quantitative estimate of drug-likeness (QED) is 0.160. The maximum atomic E-state index is 14.1. The van der Waals surface area contributed by atoms with Gasteiger partial charge in [0.15, 0.2) is 0 Å². The van der Waals surface area contributed by atoms with Gasteiger partial charge in [0.05, 0.1) is 11.1 Å². The molecule has 0 aliphatic heterocycles. The molecular weight excluding hydrogens is 777 g/mol. The molecule has 2 aliphatic carbocycles. The van der Waals surface area contributed by atoms with Crippen molar-refractivity contribution in [1.29, 1.82) is 0 Å². The molecule has 2 N–H and O–H groups in total. The Labute approximate surface area is 371 Å². The number of carbonyl (C=O) groups is 2. The third kappa shape index (κ3) is 9.54. The Balaban J connectivity index is 0.000000143. The number of hydrogen-bond acceptors (Lipinski definition) is 3. The Hall–Kier alpha value is -6.70. The van der Waals surface area contributed by atoms with Gasteiger partial charge in [-0.2, -0.15) is 0 Å². The minimum Gasteiger partial charge on any atom is -0.478 e. The molecule has 6 aromatic carbocycles. The van der Waals surface area contributed by atoms with Gasteiger partial charge in [-0.15, -0.1) is 0 Å². The van der Waals surface area contributed by atoms with Crippen molar-refractivity contribution in [3.8, 4) is 0 Å². The molecule has 0 atom stereocenters. The smallest absolute Gasteiger partial charge is 0.336 e. The van der Waals surface area contributed by atoms with Crippen molar-refractivity contribution in [2.24, 2.45) is 14.1 Å². The average molecular weight is 835 g/mol. The zero-order chi connectivity index (χ0) is 44.2. The Kier molecular flexibility index (Phi) is 12.8. The molecular formula is C56H58N4O3. The SMILES string of the molecule is Cc1ccc(CN(C(=O)c2c(C)ccc3c2ccn3C)C2Cc3ccccc3C2)cc1.Cc1ccc(CNC2Cc3ccccc3C2)cc1.Cc1ccc2c(ccn2C)c1C(=O)O. The number of aromatic carboxylic acids is 1. The van der Waals surface area contributed by atoms with Crippen LogP contribution in [0.3, 0.4) is 0 Å². The van der Waals surface area contributed by atoms with Crippen molar-refractivity contribution in [2.75, 3.05) is 0 Å². The van der Waals surface area contributed by atoms with Crippen LogP contribution >= 0.6 is 0 Å². The predicted molar refractivity (Wildman–Crippen MR) is 257 cm³/mol. The van der Waals surface area contributed by atoms with Crippen LogP contribution in [0.5, 0.6) is 0 Å². The normalized spacial score (nSPS) is 13.2. The fourth-order valence-corrected chi connectivity index (χ4v) is 9.32. The number of nitrogens with one attached hydrogen (secondary N) is 1. The van der Waals surface area contributed by atoms with E-state index in [1.54, 1.807) is 0 Å². The summed E-state index contributed by atoms with van der Waals surface area (Å²) in [5.74, 6) is -0.730. The van der Waals surface area contributed by atoms with E-state index in [0.29, 0.717) is 18.2 Å². The van der Waals surface area contributed by atoms with Crippen LogP contribution in [0.1, 0.15) is 76.4 Å². The van der Waals surface area contributed by atoms with E-state index in [2.05, 4.69) is 144 Å². The van der Waals surface area contributed by atoms with E-state index in [1.165, 1.54) is 57.3 Å². The standard InChI is InChI=1S/C28H28N2O.C17H19N.C11H11NO2/c1-19-8-11-21(12-9-19)18-30(24-16-22-6-4-5-7-23(22)17-24)28(31)27-20(2)10-13-26-25(27)14-15-29(26)3;1-13-6-8-14(9-7-13)12-18-17-10-15-4-2-3-5-16(15)11-17;1-7-3-4-9-8(5-6-12(9)2)10(7)11(13)14/h4-15,24H,16-18H2,1-3H3;2-9,17-18H,10-12H2,1H3;3-6H,1-2H3,(H,13,14). The van der Waals surface area contributed by atoms with Crippen molar-refractivity contribution < 1.29 is 14.7 Å². The Morgan fingerprint density at radius 2 is 1.02 bits per heavy atom. The molecule has 2 heterocycles. The number of carbonyl (C=O) groups excluding carboxylic acids is 1. The molecule has 8 aromatic rings. The van der Waals surface area contributed by atoms with E-state index >= 15 is 0 Å². The number of carboxylic acids is 1. The molecule has 7 nitrogen and oxygen atoms in total. The molecule has 0 bridgehead atoms. The summed E-state index contributed by atoms with van der Waals surface area (Å²) in [5, 5.41) is 14.6. The summed E-state index contributed by atoms with van der Waals surface area (Å²) in [4.78, 5) is 27.3. The first-order valence-corrected chi connectivity index (χ1v) is 22.0. The van der Waals surface area contributed by atoms with Gasteiger partial charge in [0, 0.05) is 73.5 Å². The lowest BCUT2D eigenvalue weighted by Gasteiger charge is -2.30. The van der Waals surface area contributed by atoms with Crippen LogP contribution < -0.4 is 5.32 Å². The highest BCUT2D eigenvalue weighted by molar-refractivity contribution is 6.08. The number of rotatable bonds is 8. The van der Waals surface area contributed by atoms with Gasteiger partial charge >= 0.3 is 5.97 Å². The molecule has 0 fully saturated rings. The summed E-state index contributed by atoms with van der Waals surface area (Å²) < 4.78 is 4.00. The predicted octanol–water partition coefficient (Wildman–Crippen LogP) is 11.0. The van der Waals surface area contributed by atoms with E-state index in [4.69, 9.17) is 5.11 Å². The molecule has 0 saturated carbocycles. The number of aromatic nitrogens is 2. The number of aryl methyl sites for hydroxylation is 6. The fraction of sp³-hybridized carbons (Fsp3) is 0.250. The fourth-order valence-electron chi connectivity index (χ4n) is 9.32.